The van der Waals surface area contributed by atoms with Crippen molar-refractivity contribution in [1.82, 2.24) is 20.1 Å². The average Bonchev–Trinajstić information content (AvgIpc) is 3.51. The fourth-order valence-electron chi connectivity index (χ4n) is 5.28. The molecule has 2 aliphatic rings. The largest absolute Gasteiger partial charge is 0.348 e. The lowest BCUT2D eigenvalue weighted by Crippen LogP contribution is -2.40. The second-order valence-electron chi connectivity index (χ2n) is 8.82. The number of rotatable bonds is 5. The van der Waals surface area contributed by atoms with Crippen LogP contribution in [0.15, 0.2) is 29.6 Å². The summed E-state index contributed by atoms with van der Waals surface area (Å²) < 4.78 is 1.64. The number of carbonyl (C=O) groups excluding carboxylic acids is 1. The van der Waals surface area contributed by atoms with Crippen molar-refractivity contribution in [3.8, 4) is 16.4 Å². The zero-order chi connectivity index (χ0) is 21.7. The molecule has 0 unspecified atom stereocenters. The van der Waals surface area contributed by atoms with Crippen LogP contribution in [0.3, 0.4) is 0 Å². The zero-order valence-corrected chi connectivity index (χ0v) is 19.8. The first-order valence-electron chi connectivity index (χ1n) is 10.7. The van der Waals surface area contributed by atoms with Crippen LogP contribution in [0.1, 0.15) is 48.8 Å². The number of thiazole rings is 1. The molecule has 162 valence electrons. The van der Waals surface area contributed by atoms with E-state index in [1.807, 2.05) is 24.4 Å². The van der Waals surface area contributed by atoms with E-state index in [0.717, 1.165) is 28.8 Å². The van der Waals surface area contributed by atoms with Gasteiger partial charge in [0, 0.05) is 22.0 Å². The minimum atomic E-state index is -0.0999. The fourth-order valence-corrected chi connectivity index (χ4v) is 6.58. The van der Waals surface area contributed by atoms with E-state index < -0.39 is 0 Å². The van der Waals surface area contributed by atoms with E-state index in [4.69, 9.17) is 28.2 Å². The van der Waals surface area contributed by atoms with Crippen LogP contribution in [0.25, 0.3) is 16.4 Å². The van der Waals surface area contributed by atoms with Crippen LogP contribution in [0.5, 0.6) is 0 Å². The number of benzene rings is 1. The van der Waals surface area contributed by atoms with Crippen molar-refractivity contribution in [2.45, 2.75) is 45.6 Å². The van der Waals surface area contributed by atoms with Gasteiger partial charge in [-0.3, -0.25) is 4.79 Å². The highest BCUT2D eigenvalue weighted by Gasteiger charge is 2.42. The molecule has 2 fully saturated rings. The molecule has 2 heterocycles. The van der Waals surface area contributed by atoms with Gasteiger partial charge in [-0.1, -0.05) is 29.6 Å². The Bertz CT molecular complexity index is 1140. The summed E-state index contributed by atoms with van der Waals surface area (Å²) in [6.45, 7) is 4.03. The van der Waals surface area contributed by atoms with Crippen molar-refractivity contribution >= 4 is 40.4 Å². The Morgan fingerprint density at radius 2 is 2.10 bits per heavy atom. The number of aryl methyl sites for hydroxylation is 1. The van der Waals surface area contributed by atoms with E-state index in [-0.39, 0.29) is 11.9 Å². The average molecular weight is 475 g/mol. The van der Waals surface area contributed by atoms with Crippen molar-refractivity contribution in [3.63, 3.8) is 0 Å². The Labute approximate surface area is 195 Å². The summed E-state index contributed by atoms with van der Waals surface area (Å²) in [5.41, 5.74) is 2.82. The van der Waals surface area contributed by atoms with Gasteiger partial charge in [-0.15, -0.1) is 11.3 Å². The number of aromatic nitrogens is 3. The number of hydrogen-bond donors (Lipinski definition) is 1. The minimum absolute atomic E-state index is 0.0999. The van der Waals surface area contributed by atoms with Crippen molar-refractivity contribution in [1.29, 1.82) is 0 Å². The predicted molar refractivity (Wildman–Crippen MR) is 125 cm³/mol. The van der Waals surface area contributed by atoms with Gasteiger partial charge in [-0.05, 0) is 75.1 Å². The molecule has 8 heteroatoms. The Kier molecular flexibility index (Phi) is 5.57. The lowest BCUT2D eigenvalue weighted by Gasteiger charge is -2.28. The molecule has 0 aliphatic heterocycles. The molecule has 0 radical (unpaired) electrons. The maximum absolute atomic E-state index is 13.2. The lowest BCUT2D eigenvalue weighted by molar-refractivity contribution is 0.0907. The second-order valence-corrected chi connectivity index (χ2v) is 10.5. The topological polar surface area (TPSA) is 59.8 Å². The fraction of sp³-hybridized carbons (Fsp3) is 0.435. The number of halogens is 2. The number of carbonyl (C=O) groups is 1. The predicted octanol–water partition coefficient (Wildman–Crippen LogP) is 6.17. The van der Waals surface area contributed by atoms with Gasteiger partial charge in [-0.2, -0.15) is 5.10 Å². The quantitative estimate of drug-likeness (QED) is 0.481. The molecular formula is C23H24Cl2N4OS. The van der Waals surface area contributed by atoms with Crippen LogP contribution in [0.2, 0.25) is 10.0 Å². The summed E-state index contributed by atoms with van der Waals surface area (Å²) in [6, 6.07) is 7.31. The van der Waals surface area contributed by atoms with E-state index in [1.165, 1.54) is 37.0 Å². The molecule has 3 aromatic rings. The minimum Gasteiger partial charge on any atom is -0.348 e. The Morgan fingerprint density at radius 1 is 1.26 bits per heavy atom. The Balaban J connectivity index is 1.38. The van der Waals surface area contributed by atoms with E-state index >= 15 is 0 Å². The van der Waals surface area contributed by atoms with E-state index in [2.05, 4.69) is 17.3 Å². The molecule has 2 aliphatic carbocycles. The molecule has 1 N–H and O–H groups in total. The number of hydrogen-bond acceptors (Lipinski definition) is 4. The molecule has 0 spiro atoms. The third-order valence-electron chi connectivity index (χ3n) is 6.74. The van der Waals surface area contributed by atoms with Crippen LogP contribution >= 0.6 is 34.5 Å². The van der Waals surface area contributed by atoms with Crippen LogP contribution in [-0.2, 0) is 0 Å². The van der Waals surface area contributed by atoms with Crippen LogP contribution in [-0.4, -0.2) is 26.7 Å². The van der Waals surface area contributed by atoms with Crippen molar-refractivity contribution in [2.75, 3.05) is 0 Å². The Morgan fingerprint density at radius 3 is 2.81 bits per heavy atom. The van der Waals surface area contributed by atoms with Crippen LogP contribution < -0.4 is 5.32 Å². The summed E-state index contributed by atoms with van der Waals surface area (Å²) in [7, 11) is 0. The van der Waals surface area contributed by atoms with Gasteiger partial charge in [0.05, 0.1) is 16.4 Å². The standard InChI is InChI=1S/C23H24Cl2N4OS/c1-12-7-21(22(30)26-13(2)18-9-14-3-4-15(18)8-14)29(28-12)23-27-20(11-31-23)17-6-5-16(24)10-19(17)25/h5-7,10-11,13-15,18H,3-4,8-9H2,1-2H3,(H,26,30)/t13-,14-,15-,18+/m1/s1. The van der Waals surface area contributed by atoms with Gasteiger partial charge >= 0.3 is 0 Å². The zero-order valence-electron chi connectivity index (χ0n) is 17.4. The highest BCUT2D eigenvalue weighted by molar-refractivity contribution is 7.12. The highest BCUT2D eigenvalue weighted by Crippen LogP contribution is 2.49. The third-order valence-corrected chi connectivity index (χ3v) is 8.10. The smallest absolute Gasteiger partial charge is 0.270 e. The molecule has 1 amide bonds. The van der Waals surface area contributed by atoms with Gasteiger partial charge in [0.2, 0.25) is 5.13 Å². The maximum atomic E-state index is 13.2. The first kappa shape index (κ1) is 21.0. The normalized spacial score (nSPS) is 23.3. The lowest BCUT2D eigenvalue weighted by atomic mass is 9.84. The van der Waals surface area contributed by atoms with E-state index in [1.54, 1.807) is 16.8 Å². The summed E-state index contributed by atoms with van der Waals surface area (Å²) in [5.74, 6) is 2.10. The first-order chi connectivity index (χ1) is 14.9. The second kappa shape index (κ2) is 8.23. The molecular weight excluding hydrogens is 451 g/mol. The maximum Gasteiger partial charge on any atom is 0.270 e. The first-order valence-corrected chi connectivity index (χ1v) is 12.3. The number of nitrogens with one attached hydrogen (secondary N) is 1. The van der Waals surface area contributed by atoms with Crippen molar-refractivity contribution in [2.24, 2.45) is 17.8 Å². The van der Waals surface area contributed by atoms with Gasteiger partial charge in [-0.25, -0.2) is 9.67 Å². The third kappa shape index (κ3) is 4.01. The highest BCUT2D eigenvalue weighted by atomic mass is 35.5. The molecule has 2 saturated carbocycles. The van der Waals surface area contributed by atoms with E-state index in [0.29, 0.717) is 26.8 Å². The van der Waals surface area contributed by atoms with Gasteiger partial charge in [0.1, 0.15) is 5.69 Å². The number of fused-ring (bicyclic) bond motifs is 2. The SMILES string of the molecule is Cc1cc(C(=O)N[C@H](C)[C@@H]2C[C@@H]3CC[C@@H]2C3)n(-c2nc(-c3ccc(Cl)cc3Cl)cs2)n1. The number of amides is 1. The van der Waals surface area contributed by atoms with Crippen molar-refractivity contribution in [3.05, 3.63) is 51.1 Å². The van der Waals surface area contributed by atoms with Gasteiger partial charge in [0.15, 0.2) is 0 Å². The molecule has 4 atom stereocenters. The molecule has 0 saturated heterocycles. The molecule has 5 rings (SSSR count). The summed E-state index contributed by atoms with van der Waals surface area (Å²) in [4.78, 5) is 17.9. The van der Waals surface area contributed by atoms with Gasteiger partial charge < -0.3 is 5.32 Å². The summed E-state index contributed by atoms with van der Waals surface area (Å²) in [6.07, 6.45) is 5.23. The molecule has 2 bridgehead atoms. The summed E-state index contributed by atoms with van der Waals surface area (Å²) >= 11 is 13.8. The molecule has 1 aromatic carbocycles. The molecule has 5 nitrogen and oxygen atoms in total. The van der Waals surface area contributed by atoms with Gasteiger partial charge in [0.25, 0.3) is 5.91 Å². The molecule has 2 aromatic heterocycles. The number of nitrogens with zero attached hydrogens (tertiary/aromatic N) is 3. The monoisotopic (exact) mass is 474 g/mol. The summed E-state index contributed by atoms with van der Waals surface area (Å²) in [5, 5.41) is 11.4. The Hall–Kier alpha value is -1.89. The van der Waals surface area contributed by atoms with Crippen LogP contribution in [0.4, 0.5) is 0 Å². The van der Waals surface area contributed by atoms with Crippen LogP contribution in [0, 0.1) is 24.7 Å². The van der Waals surface area contributed by atoms with Crippen molar-refractivity contribution < 1.29 is 4.79 Å². The molecule has 31 heavy (non-hydrogen) atoms. The van der Waals surface area contributed by atoms with E-state index in [9.17, 15) is 4.79 Å².